The van der Waals surface area contributed by atoms with Crippen LogP contribution in [0.3, 0.4) is 0 Å². The molecular formula is C40H78O2. The monoisotopic (exact) mass is 591 g/mol. The van der Waals surface area contributed by atoms with E-state index in [9.17, 15) is 4.79 Å². The second-order valence-corrected chi connectivity index (χ2v) is 13.4. The van der Waals surface area contributed by atoms with Crippen LogP contribution in [0.2, 0.25) is 0 Å². The second kappa shape index (κ2) is 36.4. The zero-order valence-electron chi connectivity index (χ0n) is 29.4. The number of carbonyl (C=O) groups is 1. The molecular weight excluding hydrogens is 512 g/mol. The molecule has 2 nitrogen and oxygen atoms in total. The molecule has 0 saturated carbocycles. The Morgan fingerprint density at radius 1 is 0.429 bits per heavy atom. The summed E-state index contributed by atoms with van der Waals surface area (Å²) >= 11 is 0. The molecule has 2 heteroatoms. The van der Waals surface area contributed by atoms with Gasteiger partial charge in [-0.15, -0.1) is 0 Å². The second-order valence-electron chi connectivity index (χ2n) is 13.4. The lowest BCUT2D eigenvalue weighted by Gasteiger charge is -2.17. The molecule has 0 aromatic carbocycles. The summed E-state index contributed by atoms with van der Waals surface area (Å²) in [5, 5.41) is 0. The van der Waals surface area contributed by atoms with E-state index < -0.39 is 0 Å². The smallest absolute Gasteiger partial charge is 0.330 e. The number of ether oxygens (including phenoxy) is 1. The van der Waals surface area contributed by atoms with Crippen LogP contribution in [0.1, 0.15) is 233 Å². The van der Waals surface area contributed by atoms with E-state index >= 15 is 0 Å². The van der Waals surface area contributed by atoms with Gasteiger partial charge in [-0.05, 0) is 32.6 Å². The van der Waals surface area contributed by atoms with Gasteiger partial charge in [0.1, 0.15) is 6.10 Å². The standard InChI is InChI=1S/C40H78O2/c1-4-7-9-11-13-15-17-19-21-22-23-25-27-29-31-33-35-38-39(42-40(41)36-6-3)37-34-32-30-28-26-24-20-18-16-14-12-10-8-5-2/h6,36,39H,4-5,7-35,37-38H2,1-3H3. The van der Waals surface area contributed by atoms with Crippen LogP contribution in [-0.2, 0) is 9.53 Å². The summed E-state index contributed by atoms with van der Waals surface area (Å²) in [7, 11) is 0. The van der Waals surface area contributed by atoms with Crippen LogP contribution in [0.15, 0.2) is 12.2 Å². The van der Waals surface area contributed by atoms with Crippen LogP contribution in [0.25, 0.3) is 0 Å². The van der Waals surface area contributed by atoms with Gasteiger partial charge < -0.3 is 4.74 Å². The van der Waals surface area contributed by atoms with Gasteiger partial charge in [0.15, 0.2) is 0 Å². The minimum atomic E-state index is -0.153. The van der Waals surface area contributed by atoms with Crippen molar-refractivity contribution in [2.45, 2.75) is 239 Å². The number of esters is 1. The Labute approximate surface area is 266 Å². The van der Waals surface area contributed by atoms with E-state index in [1.807, 2.05) is 6.92 Å². The van der Waals surface area contributed by atoms with Gasteiger partial charge in [-0.25, -0.2) is 4.79 Å². The molecule has 0 aliphatic heterocycles. The lowest BCUT2D eigenvalue weighted by molar-refractivity contribution is -0.143. The lowest BCUT2D eigenvalue weighted by atomic mass is 10.0. The third-order valence-corrected chi connectivity index (χ3v) is 9.09. The molecule has 0 aliphatic rings. The number of hydrogen-bond donors (Lipinski definition) is 0. The minimum absolute atomic E-state index is 0.113. The van der Waals surface area contributed by atoms with E-state index in [-0.39, 0.29) is 12.1 Å². The highest BCUT2D eigenvalue weighted by Crippen LogP contribution is 2.19. The summed E-state index contributed by atoms with van der Waals surface area (Å²) in [5.74, 6) is -0.153. The Morgan fingerprint density at radius 2 is 0.667 bits per heavy atom. The van der Waals surface area contributed by atoms with E-state index in [1.165, 1.54) is 199 Å². The number of allylic oxidation sites excluding steroid dienone is 1. The first-order chi connectivity index (χ1) is 20.7. The maximum absolute atomic E-state index is 12.1. The van der Waals surface area contributed by atoms with Gasteiger partial charge in [-0.2, -0.15) is 0 Å². The van der Waals surface area contributed by atoms with Crippen molar-refractivity contribution in [2.75, 3.05) is 0 Å². The fraction of sp³-hybridized carbons (Fsp3) is 0.925. The van der Waals surface area contributed by atoms with Crippen molar-refractivity contribution in [2.24, 2.45) is 0 Å². The van der Waals surface area contributed by atoms with Gasteiger partial charge in [0.25, 0.3) is 0 Å². The Hall–Kier alpha value is -0.790. The predicted molar refractivity (Wildman–Crippen MR) is 188 cm³/mol. The van der Waals surface area contributed by atoms with Crippen LogP contribution in [0.5, 0.6) is 0 Å². The SMILES string of the molecule is CC=CC(=O)OC(CCCCCCCCCCCCCCCC)CCCCCCCCCCCCCCCCCCC. The van der Waals surface area contributed by atoms with E-state index in [1.54, 1.807) is 12.2 Å². The average molecular weight is 591 g/mol. The molecule has 0 aromatic rings. The summed E-state index contributed by atoms with van der Waals surface area (Å²) in [6.45, 7) is 6.48. The molecule has 0 amide bonds. The fourth-order valence-electron chi connectivity index (χ4n) is 6.27. The number of carbonyl (C=O) groups excluding carboxylic acids is 1. The summed E-state index contributed by atoms with van der Waals surface area (Å²) in [4.78, 5) is 12.1. The molecule has 1 unspecified atom stereocenters. The predicted octanol–water partition coefficient (Wildman–Crippen LogP) is 14.4. The van der Waals surface area contributed by atoms with Gasteiger partial charge in [0.05, 0.1) is 0 Å². The number of rotatable bonds is 35. The van der Waals surface area contributed by atoms with Crippen molar-refractivity contribution in [3.8, 4) is 0 Å². The lowest BCUT2D eigenvalue weighted by Crippen LogP contribution is -2.17. The first-order valence-electron chi connectivity index (χ1n) is 19.6. The first-order valence-corrected chi connectivity index (χ1v) is 19.6. The molecule has 0 aromatic heterocycles. The van der Waals surface area contributed by atoms with E-state index in [0.29, 0.717) is 0 Å². The van der Waals surface area contributed by atoms with Gasteiger partial charge in [0, 0.05) is 6.08 Å². The quantitative estimate of drug-likeness (QED) is 0.0417. The summed E-state index contributed by atoms with van der Waals surface area (Å²) in [6.07, 6.45) is 48.8. The molecule has 0 fully saturated rings. The van der Waals surface area contributed by atoms with E-state index in [4.69, 9.17) is 4.74 Å². The van der Waals surface area contributed by atoms with Crippen LogP contribution in [0.4, 0.5) is 0 Å². The van der Waals surface area contributed by atoms with Crippen molar-refractivity contribution in [1.29, 1.82) is 0 Å². The third kappa shape index (κ3) is 33.7. The topological polar surface area (TPSA) is 26.3 Å². The molecule has 42 heavy (non-hydrogen) atoms. The fourth-order valence-corrected chi connectivity index (χ4v) is 6.27. The number of hydrogen-bond acceptors (Lipinski definition) is 2. The van der Waals surface area contributed by atoms with E-state index in [0.717, 1.165) is 12.8 Å². The van der Waals surface area contributed by atoms with Gasteiger partial charge in [-0.1, -0.05) is 206 Å². The molecule has 0 heterocycles. The van der Waals surface area contributed by atoms with Crippen molar-refractivity contribution in [3.05, 3.63) is 12.2 Å². The van der Waals surface area contributed by atoms with Gasteiger partial charge >= 0.3 is 5.97 Å². The van der Waals surface area contributed by atoms with Crippen LogP contribution in [-0.4, -0.2) is 12.1 Å². The molecule has 0 saturated heterocycles. The highest BCUT2D eigenvalue weighted by atomic mass is 16.5. The highest BCUT2D eigenvalue weighted by Gasteiger charge is 2.12. The summed E-state index contributed by atoms with van der Waals surface area (Å²) < 4.78 is 5.81. The zero-order valence-corrected chi connectivity index (χ0v) is 29.4. The Kier molecular flexibility index (Phi) is 35.7. The summed E-state index contributed by atoms with van der Waals surface area (Å²) in [6, 6.07) is 0. The van der Waals surface area contributed by atoms with Gasteiger partial charge in [-0.3, -0.25) is 0 Å². The summed E-state index contributed by atoms with van der Waals surface area (Å²) in [5.41, 5.74) is 0. The molecule has 0 bridgehead atoms. The third-order valence-electron chi connectivity index (χ3n) is 9.09. The Balaban J connectivity index is 3.66. The molecule has 0 rings (SSSR count). The van der Waals surface area contributed by atoms with Crippen molar-refractivity contribution in [3.63, 3.8) is 0 Å². The molecule has 0 N–H and O–H groups in total. The van der Waals surface area contributed by atoms with Crippen LogP contribution in [0, 0.1) is 0 Å². The van der Waals surface area contributed by atoms with E-state index in [2.05, 4.69) is 13.8 Å². The van der Waals surface area contributed by atoms with Gasteiger partial charge in [0.2, 0.25) is 0 Å². The molecule has 0 aliphatic carbocycles. The number of unbranched alkanes of at least 4 members (excludes halogenated alkanes) is 29. The van der Waals surface area contributed by atoms with Crippen molar-refractivity contribution < 1.29 is 9.53 Å². The Bertz CT molecular complexity index is 540. The molecule has 250 valence electrons. The molecule has 1 atom stereocenters. The average Bonchev–Trinajstić information content (AvgIpc) is 2.98. The maximum atomic E-state index is 12.1. The first kappa shape index (κ1) is 41.2. The van der Waals surface area contributed by atoms with Crippen molar-refractivity contribution in [1.82, 2.24) is 0 Å². The zero-order chi connectivity index (χ0) is 30.6. The Morgan fingerprint density at radius 3 is 0.905 bits per heavy atom. The molecule has 0 radical (unpaired) electrons. The largest absolute Gasteiger partial charge is 0.459 e. The minimum Gasteiger partial charge on any atom is -0.459 e. The van der Waals surface area contributed by atoms with Crippen LogP contribution >= 0.6 is 0 Å². The normalized spacial score (nSPS) is 12.4. The molecule has 0 spiro atoms. The highest BCUT2D eigenvalue weighted by molar-refractivity contribution is 5.81. The maximum Gasteiger partial charge on any atom is 0.330 e. The van der Waals surface area contributed by atoms with Crippen LogP contribution < -0.4 is 0 Å². The van der Waals surface area contributed by atoms with Crippen molar-refractivity contribution >= 4 is 5.97 Å².